The molecule has 0 saturated heterocycles. The van der Waals surface area contributed by atoms with E-state index in [1.54, 1.807) is 14.2 Å². The van der Waals surface area contributed by atoms with Crippen molar-refractivity contribution in [1.82, 2.24) is 5.32 Å². The van der Waals surface area contributed by atoms with Gasteiger partial charge in [0.15, 0.2) is 17.3 Å². The second kappa shape index (κ2) is 7.29. The maximum atomic E-state index is 13.0. The van der Waals surface area contributed by atoms with E-state index in [0.717, 1.165) is 24.0 Å². The van der Waals surface area contributed by atoms with Crippen LogP contribution in [-0.4, -0.2) is 31.5 Å². The molecule has 31 heavy (non-hydrogen) atoms. The lowest BCUT2D eigenvalue weighted by Gasteiger charge is -2.37. The van der Waals surface area contributed by atoms with E-state index in [2.05, 4.69) is 5.32 Å². The Balaban J connectivity index is 1.30. The number of amides is 1. The number of hydrogen-bond donors (Lipinski definition) is 1. The van der Waals surface area contributed by atoms with Gasteiger partial charge in [0.1, 0.15) is 11.4 Å². The molecule has 2 saturated carbocycles. The first-order valence-corrected chi connectivity index (χ1v) is 10.8. The molecule has 2 aromatic carbocycles. The van der Waals surface area contributed by atoms with E-state index in [1.165, 1.54) is 0 Å². The molecule has 6 nitrogen and oxygen atoms in total. The van der Waals surface area contributed by atoms with Gasteiger partial charge in [-0.15, -0.1) is 0 Å². The summed E-state index contributed by atoms with van der Waals surface area (Å²) in [6.45, 7) is 2.34. The number of rotatable bonds is 5. The predicted octanol–water partition coefficient (Wildman–Crippen LogP) is 3.69. The van der Waals surface area contributed by atoms with Gasteiger partial charge in [-0.3, -0.25) is 9.59 Å². The van der Waals surface area contributed by atoms with Gasteiger partial charge >= 0.3 is 0 Å². The molecule has 0 radical (unpaired) electrons. The van der Waals surface area contributed by atoms with E-state index in [4.69, 9.17) is 14.2 Å². The van der Waals surface area contributed by atoms with Crippen molar-refractivity contribution in [2.24, 2.45) is 17.8 Å². The summed E-state index contributed by atoms with van der Waals surface area (Å²) in [7, 11) is 3.19. The number of hydrogen-bond acceptors (Lipinski definition) is 5. The van der Waals surface area contributed by atoms with Crippen LogP contribution in [0.1, 0.15) is 40.7 Å². The molecule has 2 fully saturated rings. The molecule has 3 aliphatic rings. The lowest BCUT2D eigenvalue weighted by molar-refractivity contribution is -0.124. The third kappa shape index (κ3) is 3.16. The van der Waals surface area contributed by atoms with Gasteiger partial charge in [-0.2, -0.15) is 0 Å². The first-order valence-electron chi connectivity index (χ1n) is 10.8. The fraction of sp³-hybridized carbons (Fsp3) is 0.440. The van der Waals surface area contributed by atoms with E-state index in [-0.39, 0.29) is 29.4 Å². The van der Waals surface area contributed by atoms with Gasteiger partial charge in [-0.25, -0.2) is 0 Å². The molecule has 162 valence electrons. The summed E-state index contributed by atoms with van der Waals surface area (Å²) >= 11 is 0. The topological polar surface area (TPSA) is 73.9 Å². The van der Waals surface area contributed by atoms with Crippen LogP contribution in [0.4, 0.5) is 0 Å². The number of carbonyl (C=O) groups is 2. The summed E-state index contributed by atoms with van der Waals surface area (Å²) < 4.78 is 17.2. The van der Waals surface area contributed by atoms with Gasteiger partial charge in [0.25, 0.3) is 0 Å². The summed E-state index contributed by atoms with van der Waals surface area (Å²) in [4.78, 5) is 25.9. The van der Waals surface area contributed by atoms with Crippen LogP contribution in [0.5, 0.6) is 17.2 Å². The SMILES string of the molecule is COc1cccc(CNC(=O)C2C3CCC4(CC(=O)c5cc(C)ccc5O4)C32)c1OC. The van der Waals surface area contributed by atoms with Crippen LogP contribution in [0.2, 0.25) is 0 Å². The van der Waals surface area contributed by atoms with Crippen molar-refractivity contribution in [2.75, 3.05) is 14.2 Å². The minimum Gasteiger partial charge on any atom is -0.493 e. The van der Waals surface area contributed by atoms with Crippen LogP contribution in [0.25, 0.3) is 0 Å². The number of ether oxygens (including phenoxy) is 3. The lowest BCUT2D eigenvalue weighted by Crippen LogP contribution is -2.44. The average Bonchev–Trinajstić information content (AvgIpc) is 3.42. The molecule has 5 rings (SSSR count). The zero-order valence-corrected chi connectivity index (χ0v) is 18.1. The van der Waals surface area contributed by atoms with Crippen LogP contribution < -0.4 is 19.5 Å². The van der Waals surface area contributed by atoms with E-state index >= 15 is 0 Å². The quantitative estimate of drug-likeness (QED) is 0.797. The summed E-state index contributed by atoms with van der Waals surface area (Å²) in [6.07, 6.45) is 2.10. The van der Waals surface area contributed by atoms with Crippen LogP contribution in [0, 0.1) is 24.7 Å². The zero-order valence-electron chi connectivity index (χ0n) is 18.1. The van der Waals surface area contributed by atoms with Gasteiger partial charge in [0, 0.05) is 23.9 Å². The standard InChI is InChI=1S/C25H27NO5/c1-14-7-8-19-17(11-14)18(27)12-25(31-19)10-9-16-21(22(16)25)24(28)26-13-15-5-4-6-20(29-2)23(15)30-3/h4-8,11,16,21-22H,9-10,12-13H2,1-3H3,(H,26,28). The Bertz CT molecular complexity index is 1060. The highest BCUT2D eigenvalue weighted by Crippen LogP contribution is 2.65. The highest BCUT2D eigenvalue weighted by molar-refractivity contribution is 6.01. The monoisotopic (exact) mass is 421 g/mol. The number of carbonyl (C=O) groups excluding carboxylic acids is 2. The Morgan fingerprint density at radius 1 is 1.23 bits per heavy atom. The fourth-order valence-corrected chi connectivity index (χ4v) is 5.68. The first kappa shape index (κ1) is 19.9. The normalized spacial score (nSPS) is 27.8. The molecule has 0 aromatic heterocycles. The fourth-order valence-electron chi connectivity index (χ4n) is 5.68. The van der Waals surface area contributed by atoms with Crippen molar-refractivity contribution in [2.45, 2.75) is 38.3 Å². The van der Waals surface area contributed by atoms with E-state index in [0.29, 0.717) is 35.8 Å². The first-order chi connectivity index (χ1) is 15.0. The van der Waals surface area contributed by atoms with Gasteiger partial charge < -0.3 is 19.5 Å². The number of methoxy groups -OCH3 is 2. The summed E-state index contributed by atoms with van der Waals surface area (Å²) in [5.74, 6) is 2.35. The average molecular weight is 421 g/mol. The number of Topliss-reactive ketones (excluding diaryl/α,β-unsaturated/α-hetero) is 1. The number of aryl methyl sites for hydroxylation is 1. The van der Waals surface area contributed by atoms with Gasteiger partial charge in [0.2, 0.25) is 5.91 Å². The van der Waals surface area contributed by atoms with Crippen molar-refractivity contribution < 1.29 is 23.8 Å². The highest BCUT2D eigenvalue weighted by atomic mass is 16.5. The minimum atomic E-state index is -0.542. The highest BCUT2D eigenvalue weighted by Gasteiger charge is 2.70. The molecular weight excluding hydrogens is 394 g/mol. The Hall–Kier alpha value is -3.02. The van der Waals surface area contributed by atoms with Crippen LogP contribution >= 0.6 is 0 Å². The van der Waals surface area contributed by atoms with E-state index in [1.807, 2.05) is 43.3 Å². The molecular formula is C25H27NO5. The Labute approximate surface area is 181 Å². The van der Waals surface area contributed by atoms with Gasteiger partial charge in [-0.1, -0.05) is 23.8 Å². The number of benzene rings is 2. The third-order valence-corrected chi connectivity index (χ3v) is 7.13. The Morgan fingerprint density at radius 3 is 2.84 bits per heavy atom. The molecule has 4 unspecified atom stereocenters. The molecule has 1 aliphatic heterocycles. The van der Waals surface area contributed by atoms with Crippen molar-refractivity contribution in [1.29, 1.82) is 0 Å². The molecule has 0 bridgehead atoms. The molecule has 4 atom stereocenters. The molecule has 1 amide bonds. The van der Waals surface area contributed by atoms with Crippen LogP contribution in [-0.2, 0) is 11.3 Å². The Morgan fingerprint density at radius 2 is 2.06 bits per heavy atom. The maximum absolute atomic E-state index is 13.0. The number of fused-ring (bicyclic) bond motifs is 3. The third-order valence-electron chi connectivity index (χ3n) is 7.13. The van der Waals surface area contributed by atoms with Gasteiger partial charge in [-0.05, 0) is 43.9 Å². The molecule has 1 heterocycles. The molecule has 1 spiro atoms. The lowest BCUT2D eigenvalue weighted by atomic mass is 9.84. The summed E-state index contributed by atoms with van der Waals surface area (Å²) in [5, 5.41) is 3.06. The second-order valence-corrected chi connectivity index (χ2v) is 8.89. The minimum absolute atomic E-state index is 0.0182. The molecule has 2 aromatic rings. The Kier molecular flexibility index (Phi) is 4.68. The largest absolute Gasteiger partial charge is 0.493 e. The van der Waals surface area contributed by atoms with Gasteiger partial charge in [0.05, 0.1) is 26.2 Å². The number of para-hydroxylation sites is 1. The van der Waals surface area contributed by atoms with Crippen LogP contribution in [0.15, 0.2) is 36.4 Å². The summed E-state index contributed by atoms with van der Waals surface area (Å²) in [6, 6.07) is 11.4. The van der Waals surface area contributed by atoms with Crippen LogP contribution in [0.3, 0.4) is 0 Å². The van der Waals surface area contributed by atoms with Crippen molar-refractivity contribution >= 4 is 11.7 Å². The second-order valence-electron chi connectivity index (χ2n) is 8.89. The summed E-state index contributed by atoms with van der Waals surface area (Å²) in [5.41, 5.74) is 2.04. The smallest absolute Gasteiger partial charge is 0.224 e. The van der Waals surface area contributed by atoms with Crippen molar-refractivity contribution in [3.05, 3.63) is 53.1 Å². The predicted molar refractivity (Wildman–Crippen MR) is 115 cm³/mol. The molecule has 6 heteroatoms. The number of nitrogens with one attached hydrogen (secondary N) is 1. The van der Waals surface area contributed by atoms with E-state index < -0.39 is 5.60 Å². The van der Waals surface area contributed by atoms with Crippen molar-refractivity contribution in [3.8, 4) is 17.2 Å². The van der Waals surface area contributed by atoms with E-state index in [9.17, 15) is 9.59 Å². The molecule has 2 aliphatic carbocycles. The zero-order chi connectivity index (χ0) is 21.8. The molecule has 1 N–H and O–H groups in total. The number of ketones is 1. The van der Waals surface area contributed by atoms with Crippen molar-refractivity contribution in [3.63, 3.8) is 0 Å². The maximum Gasteiger partial charge on any atom is 0.224 e.